The lowest BCUT2D eigenvalue weighted by molar-refractivity contribution is -0.0909. The first-order valence-electron chi connectivity index (χ1n) is 35.3. The number of hydrogen-bond donors (Lipinski definition) is 6. The van der Waals surface area contributed by atoms with Crippen LogP contribution in [-0.4, -0.2) is 219 Å². The number of rotatable bonds is 28. The van der Waals surface area contributed by atoms with Gasteiger partial charge in [-0.15, -0.1) is 0 Å². The molecule has 4 fully saturated rings. The van der Waals surface area contributed by atoms with Gasteiger partial charge in [0.2, 0.25) is 33.6 Å². The monoisotopic (exact) mass is 1770 g/mol. The van der Waals surface area contributed by atoms with Gasteiger partial charge in [-0.2, -0.15) is 8.61 Å². The van der Waals surface area contributed by atoms with Crippen molar-refractivity contribution in [2.75, 3.05) is 88.3 Å². The van der Waals surface area contributed by atoms with E-state index in [0.29, 0.717) is 55.8 Å². The van der Waals surface area contributed by atoms with Crippen LogP contribution in [0.2, 0.25) is 0 Å². The molecule has 4 amide bonds. The van der Waals surface area contributed by atoms with E-state index in [9.17, 15) is 51.3 Å². The van der Waals surface area contributed by atoms with Crippen molar-refractivity contribution >= 4 is 89.6 Å². The summed E-state index contributed by atoms with van der Waals surface area (Å²) in [6, 6.07) is 20.8. The van der Waals surface area contributed by atoms with Crippen molar-refractivity contribution in [3.63, 3.8) is 0 Å². The number of alkyl halides is 2. The van der Waals surface area contributed by atoms with E-state index in [0.717, 1.165) is 45.0 Å². The highest BCUT2D eigenvalue weighted by atomic mass is 127. The fourth-order valence-corrected chi connectivity index (χ4v) is 15.4. The van der Waals surface area contributed by atoms with Gasteiger partial charge in [0.1, 0.15) is 34.9 Å². The van der Waals surface area contributed by atoms with Crippen LogP contribution in [0, 0.1) is 23.7 Å². The van der Waals surface area contributed by atoms with Crippen LogP contribution in [0.25, 0.3) is 0 Å². The van der Waals surface area contributed by atoms with E-state index in [-0.39, 0.29) is 111 Å². The van der Waals surface area contributed by atoms with Crippen molar-refractivity contribution in [3.05, 3.63) is 96.1 Å². The quantitative estimate of drug-likeness (QED) is 0.0101. The first-order valence-corrected chi connectivity index (χ1v) is 41.2. The lowest BCUT2D eigenvalue weighted by Gasteiger charge is -2.31. The molecule has 596 valence electrons. The number of halogens is 2. The molecule has 0 spiro atoms. The van der Waals surface area contributed by atoms with Gasteiger partial charge in [0.25, 0.3) is 0 Å². The zero-order valence-corrected chi connectivity index (χ0v) is 67.8. The number of carbonyl (C=O) groups excluding carboxylic acids is 4. The molecule has 35 heteroatoms. The second-order valence-electron chi connectivity index (χ2n) is 28.6. The van der Waals surface area contributed by atoms with E-state index in [2.05, 4.69) is 66.0 Å². The molecule has 0 bridgehead atoms. The van der Waals surface area contributed by atoms with Gasteiger partial charge in [-0.3, -0.25) is 0 Å². The molecule has 4 saturated heterocycles. The fourth-order valence-electron chi connectivity index (χ4n) is 11.5. The number of fused-ring (bicyclic) bond motifs is 4. The highest BCUT2D eigenvalue weighted by Crippen LogP contribution is 2.38. The topological polar surface area (TPSA) is 393 Å². The van der Waals surface area contributed by atoms with Gasteiger partial charge in [-0.25, -0.2) is 36.0 Å². The molecule has 0 saturated carbocycles. The molecule has 6 aliphatic heterocycles. The maximum atomic E-state index is 13.9. The highest BCUT2D eigenvalue weighted by Gasteiger charge is 2.46. The van der Waals surface area contributed by atoms with E-state index in [1.807, 2.05) is 52.0 Å². The maximum Gasteiger partial charge on any atom is 0.453 e. The van der Waals surface area contributed by atoms with Crippen LogP contribution in [0.3, 0.4) is 0 Å². The number of nitrogens with one attached hydrogen (secondary N) is 2. The molecule has 0 aromatic heterocycles. The van der Waals surface area contributed by atoms with Crippen LogP contribution < -0.4 is 34.3 Å². The molecule has 6 heterocycles. The van der Waals surface area contributed by atoms with E-state index in [1.165, 1.54) is 51.1 Å². The summed E-state index contributed by atoms with van der Waals surface area (Å²) in [5, 5.41) is 52.5. The third kappa shape index (κ3) is 28.2. The molecule has 0 unspecified atom stereocenters. The first-order chi connectivity index (χ1) is 50.6. The lowest BCUT2D eigenvalue weighted by Crippen LogP contribution is -2.51. The average Bonchev–Trinajstić information content (AvgIpc) is 1.70. The molecule has 4 aromatic rings. The number of alkyl carbamates (subject to hydrolysis) is 2. The number of benzene rings is 4. The van der Waals surface area contributed by atoms with Crippen molar-refractivity contribution in [2.45, 2.75) is 178 Å². The third-order valence-electron chi connectivity index (χ3n) is 16.5. The Kier molecular flexibility index (Phi) is 34.3. The predicted octanol–water partition coefficient (Wildman–Crippen LogP) is 10.1. The SMILES string of the molecule is CC(C)(C)OC(=O)N=NC(=O)OC(C)(C)C.CC(C)CN(C[C@@H](O)[C@H](Cc1ccc(O)cc1)NC(=O)O[C@H]1CO[C@H]2OCC[C@H]21)S(=O)(=O)c1ccc2c(c1)OCO2.CC(C)CN(C[C@@H](O)[C@H](Cc1ccc(OCCCI)cc1)NC(=O)O[C@H]1CO[C@H]2OCC[C@H]21)S(=O)(=O)c1ccc2c(c1)OCO2.OCCCI. The molecular formula is C72H102I2N6O25S2. The van der Waals surface area contributed by atoms with Crippen LogP contribution >= 0.6 is 45.2 Å². The maximum absolute atomic E-state index is 13.9. The van der Waals surface area contributed by atoms with Crippen LogP contribution in [0.4, 0.5) is 19.2 Å². The lowest BCUT2D eigenvalue weighted by atomic mass is 10.0. The summed E-state index contributed by atoms with van der Waals surface area (Å²) in [6.07, 6.45) is -3.93. The van der Waals surface area contributed by atoms with Crippen molar-refractivity contribution in [1.82, 2.24) is 19.2 Å². The molecule has 10 rings (SSSR count). The van der Waals surface area contributed by atoms with Gasteiger partial charge < -0.3 is 92.6 Å². The Hall–Kier alpha value is -6.24. The van der Waals surface area contributed by atoms with Gasteiger partial charge in [0, 0.05) is 53.8 Å². The second-order valence-corrected chi connectivity index (χ2v) is 34.6. The summed E-state index contributed by atoms with van der Waals surface area (Å²) in [5.74, 6) is 2.20. The molecule has 4 aromatic carbocycles. The molecule has 0 aliphatic carbocycles. The molecular weight excluding hydrogens is 1670 g/mol. The summed E-state index contributed by atoms with van der Waals surface area (Å²) in [4.78, 5) is 48.3. The van der Waals surface area contributed by atoms with Crippen molar-refractivity contribution in [2.24, 2.45) is 33.9 Å². The highest BCUT2D eigenvalue weighted by molar-refractivity contribution is 14.1. The van der Waals surface area contributed by atoms with Crippen LogP contribution in [-0.2, 0) is 70.8 Å². The molecule has 31 nitrogen and oxygen atoms in total. The van der Waals surface area contributed by atoms with E-state index >= 15 is 0 Å². The van der Waals surface area contributed by atoms with Gasteiger partial charge in [0.05, 0.1) is 79.0 Å². The molecule has 10 atom stereocenters. The summed E-state index contributed by atoms with van der Waals surface area (Å²) < 4.78 is 130. The Balaban J connectivity index is 0.000000237. The van der Waals surface area contributed by atoms with E-state index < -0.39 is 98.4 Å². The fraction of sp³-hybridized carbons (Fsp3) is 0.611. The normalized spacial score (nSPS) is 20.3. The zero-order chi connectivity index (χ0) is 78.2. The number of aromatic hydroxyl groups is 1. The average molecular weight is 1770 g/mol. The minimum absolute atomic E-state index is 0.00613. The van der Waals surface area contributed by atoms with Crippen LogP contribution in [0.1, 0.15) is 106 Å². The van der Waals surface area contributed by atoms with Crippen molar-refractivity contribution < 1.29 is 118 Å². The number of phenolic OH excluding ortho intramolecular Hbond substituents is 1. The van der Waals surface area contributed by atoms with E-state index in [4.69, 9.17) is 66.7 Å². The number of hydrogen-bond acceptors (Lipinski definition) is 25. The van der Waals surface area contributed by atoms with Crippen molar-refractivity contribution in [3.8, 4) is 34.5 Å². The number of azo groups is 1. The van der Waals surface area contributed by atoms with Gasteiger partial charge in [0.15, 0.2) is 35.6 Å². The van der Waals surface area contributed by atoms with Crippen LogP contribution in [0.5, 0.6) is 34.5 Å². The minimum atomic E-state index is -4.05. The Bertz CT molecular complexity index is 3730. The standard InChI is InChI=1S/C31H41IN2O10S.C28H36N2O10S.C10H18N2O4.C3H7IO/c1-20(2)16-34(45(37,38)23-8-9-27-28(15-23)43-19-42-27)17-26(35)25(14-21-4-6-22(7-5-21)39-12-3-11-32)33-31(36)44-29-18-41-30-24(29)10-13-40-30;1-17(2)13-30(41(34,35)20-7-8-24-25(12-20)39-16-38-24)14-23(32)22(11-18-3-5-19(31)6-4-18)29-28(33)40-26-15-37-27-21(26)9-10-36-27;1-9(2,3)15-7(13)11-12-8(14)16-10(4,5)6;4-2-1-3-5/h4-9,15,20,24-26,29-30,35H,3,10-14,16-19H2,1-2H3,(H,33,36);3-8,12,17,21-23,26-27,31-32H,9-11,13-16H2,1-2H3,(H,29,33);1-6H3;5H,1-3H2/t24-,25-,26+,29-,30+;21-,22-,23+,26-,27+;;/m00../s1. The van der Waals surface area contributed by atoms with Gasteiger partial charge in [-0.1, -0.05) is 107 Å². The number of aliphatic hydroxyl groups excluding tert-OH is 3. The Morgan fingerprint density at radius 2 is 0.972 bits per heavy atom. The summed E-state index contributed by atoms with van der Waals surface area (Å²) >= 11 is 4.53. The van der Waals surface area contributed by atoms with Crippen LogP contribution in [0.15, 0.2) is 105 Å². The summed E-state index contributed by atoms with van der Waals surface area (Å²) in [5.41, 5.74) is 0.214. The Morgan fingerprint density at radius 1 is 0.570 bits per heavy atom. The molecule has 6 aliphatic rings. The van der Waals surface area contributed by atoms with Gasteiger partial charge in [-0.05, 0) is 152 Å². The van der Waals surface area contributed by atoms with Crippen molar-refractivity contribution in [1.29, 1.82) is 0 Å². The first kappa shape index (κ1) is 88.0. The number of nitrogens with zero attached hydrogens (tertiary/aromatic N) is 4. The smallest absolute Gasteiger partial charge is 0.453 e. The Morgan fingerprint density at radius 3 is 1.35 bits per heavy atom. The predicted molar refractivity (Wildman–Crippen MR) is 405 cm³/mol. The Labute approximate surface area is 653 Å². The second kappa shape index (κ2) is 41.7. The zero-order valence-electron chi connectivity index (χ0n) is 61.9. The number of aliphatic hydroxyl groups is 3. The largest absolute Gasteiger partial charge is 0.508 e. The summed E-state index contributed by atoms with van der Waals surface area (Å²) in [6.45, 7) is 19.9. The molecule has 107 heavy (non-hydrogen) atoms. The number of amides is 4. The number of sulfonamides is 2. The third-order valence-corrected chi connectivity index (χ3v) is 21.7. The molecule has 0 radical (unpaired) electrons. The number of ether oxygens (including phenoxy) is 13. The summed E-state index contributed by atoms with van der Waals surface area (Å²) in [7, 11) is -8.10. The number of carbonyl (C=O) groups is 4. The van der Waals surface area contributed by atoms with Gasteiger partial charge >= 0.3 is 24.4 Å². The molecule has 6 N–H and O–H groups in total. The number of phenols is 1. The minimum Gasteiger partial charge on any atom is -0.508 e. The van der Waals surface area contributed by atoms with E-state index in [1.54, 1.807) is 59.7 Å².